The Hall–Kier alpha value is 0.795. The summed E-state index contributed by atoms with van der Waals surface area (Å²) in [6.45, 7) is 1.10. The van der Waals surface area contributed by atoms with E-state index in [2.05, 4.69) is 22.6 Å². The van der Waals surface area contributed by atoms with E-state index in [1.54, 1.807) is 0 Å². The molecule has 2 rings (SSSR count). The van der Waals surface area contributed by atoms with Crippen LogP contribution in [0.2, 0.25) is 12.6 Å². The van der Waals surface area contributed by atoms with Crippen LogP contribution in [0.3, 0.4) is 0 Å². The first kappa shape index (κ1) is 7.44. The molecule has 10 heavy (non-hydrogen) atoms. The lowest BCUT2D eigenvalue weighted by molar-refractivity contribution is 0.431. The molecule has 0 radical (unpaired) electrons. The zero-order valence-electron chi connectivity index (χ0n) is 6.35. The van der Waals surface area contributed by atoms with Gasteiger partial charge in [0, 0.05) is 0 Å². The molecule has 2 bridgehead atoms. The van der Waals surface area contributed by atoms with E-state index in [-0.39, 0.29) is 0 Å². The topological polar surface area (TPSA) is 0 Å². The highest BCUT2D eigenvalue weighted by Crippen LogP contribution is 2.39. The van der Waals surface area contributed by atoms with E-state index in [0.717, 1.165) is 16.5 Å². The first-order chi connectivity index (χ1) is 4.88. The summed E-state index contributed by atoms with van der Waals surface area (Å²) in [7, 11) is 0. The fraction of sp³-hybridized carbons (Fsp3) is 1.00. The molecule has 1 unspecified atom stereocenters. The molecule has 56 valence electrons. The van der Waals surface area contributed by atoms with Crippen molar-refractivity contribution in [1.29, 1.82) is 0 Å². The van der Waals surface area contributed by atoms with Crippen LogP contribution in [-0.4, -0.2) is 10.5 Å². The molecule has 1 atom stereocenters. The Labute approximate surface area is 77.4 Å². The molecule has 2 heterocycles. The summed E-state index contributed by atoms with van der Waals surface area (Å²) in [6.07, 6.45) is 9.17. The van der Waals surface area contributed by atoms with Crippen molar-refractivity contribution in [3.8, 4) is 0 Å². The van der Waals surface area contributed by atoms with Gasteiger partial charge >= 0.3 is 0 Å². The zero-order valence-corrected chi connectivity index (χ0v) is 8.51. The van der Waals surface area contributed by atoms with E-state index in [0.29, 0.717) is 0 Å². The number of hydrogen-bond acceptors (Lipinski definition) is 0. The Morgan fingerprint density at radius 2 is 1.70 bits per heavy atom. The summed E-state index contributed by atoms with van der Waals surface area (Å²) < 4.78 is 1.04. The van der Waals surface area contributed by atoms with Crippen LogP contribution in [-0.2, 0) is 0 Å². The van der Waals surface area contributed by atoms with Gasteiger partial charge in [0.1, 0.15) is 0 Å². The molecule has 0 nitrogen and oxygen atoms in total. The van der Waals surface area contributed by atoms with Crippen LogP contribution < -0.4 is 0 Å². The molecule has 0 aromatic carbocycles. The summed E-state index contributed by atoms with van der Waals surface area (Å²) >= 11 is 2.70. The summed E-state index contributed by atoms with van der Waals surface area (Å²) in [5, 5.41) is 0. The molecule has 0 spiro atoms. The van der Waals surface area contributed by atoms with Crippen LogP contribution >= 0.6 is 22.6 Å². The first-order valence-corrected chi connectivity index (χ1v) is 5.76. The average molecular weight is 248 g/mol. The maximum atomic E-state index is 2.70. The highest BCUT2D eigenvalue weighted by molar-refractivity contribution is 14.1. The summed E-state index contributed by atoms with van der Waals surface area (Å²) in [6, 6.07) is 0. The first-order valence-electron chi connectivity index (χ1n) is 4.52. The number of hydrogen-bond donors (Lipinski definition) is 0. The van der Waals surface area contributed by atoms with Gasteiger partial charge < -0.3 is 0 Å². The molecular weight excluding hydrogens is 234 g/mol. The highest BCUT2D eigenvalue weighted by atomic mass is 127. The Morgan fingerprint density at radius 1 is 1.10 bits per heavy atom. The number of halogens is 1. The fourth-order valence-corrected chi connectivity index (χ4v) is 4.03. The van der Waals surface area contributed by atoms with Gasteiger partial charge in [-0.1, -0.05) is 60.9 Å². The second kappa shape index (κ2) is 3.04. The van der Waals surface area contributed by atoms with E-state index in [1.807, 2.05) is 0 Å². The predicted molar refractivity (Wildman–Crippen MR) is 55.1 cm³/mol. The van der Waals surface area contributed by atoms with E-state index in [9.17, 15) is 0 Å². The van der Waals surface area contributed by atoms with Crippen molar-refractivity contribution < 1.29 is 0 Å². The largest absolute Gasteiger partial charge is 0.155 e. The monoisotopic (exact) mass is 248 g/mol. The fourth-order valence-electron chi connectivity index (χ4n) is 2.59. The lowest BCUT2D eigenvalue weighted by atomic mass is 9.34. The minimum absolute atomic E-state index is 1.04. The molecule has 0 aliphatic carbocycles. The van der Waals surface area contributed by atoms with Crippen molar-refractivity contribution in [3.63, 3.8) is 0 Å². The van der Waals surface area contributed by atoms with Gasteiger partial charge in [-0.2, -0.15) is 0 Å². The molecule has 2 aliphatic heterocycles. The molecule has 2 aliphatic rings. The van der Waals surface area contributed by atoms with Crippen LogP contribution in [0.4, 0.5) is 0 Å². The van der Waals surface area contributed by atoms with Crippen LogP contribution in [0.25, 0.3) is 0 Å². The molecule has 0 aromatic rings. The van der Waals surface area contributed by atoms with Gasteiger partial charge in [-0.3, -0.25) is 0 Å². The van der Waals surface area contributed by atoms with E-state index in [1.165, 1.54) is 38.3 Å². The highest BCUT2D eigenvalue weighted by Gasteiger charge is 2.36. The van der Waals surface area contributed by atoms with Crippen LogP contribution in [0.5, 0.6) is 0 Å². The smallest absolute Gasteiger partial charge is 0.0913 e. The van der Waals surface area contributed by atoms with Gasteiger partial charge in [-0.25, -0.2) is 0 Å². The van der Waals surface area contributed by atoms with E-state index >= 15 is 0 Å². The van der Waals surface area contributed by atoms with Crippen molar-refractivity contribution in [2.24, 2.45) is 5.92 Å². The van der Waals surface area contributed by atoms with Crippen molar-refractivity contribution in [3.05, 3.63) is 0 Å². The molecule has 2 saturated heterocycles. The van der Waals surface area contributed by atoms with Crippen molar-refractivity contribution >= 4 is 29.3 Å². The van der Waals surface area contributed by atoms with Gasteiger partial charge in [-0.15, -0.1) is 0 Å². The van der Waals surface area contributed by atoms with E-state index < -0.39 is 0 Å². The lowest BCUT2D eigenvalue weighted by Crippen LogP contribution is -2.39. The summed E-state index contributed by atoms with van der Waals surface area (Å²) in [4.78, 5) is 0. The average Bonchev–Trinajstić information content (AvgIpc) is 1.86. The Balaban J connectivity index is 2.05. The van der Waals surface area contributed by atoms with Gasteiger partial charge in [-0.05, 0) is 9.74 Å². The van der Waals surface area contributed by atoms with Crippen molar-refractivity contribution in [1.82, 2.24) is 0 Å². The minimum atomic E-state index is 1.04. The maximum absolute atomic E-state index is 2.70. The van der Waals surface area contributed by atoms with Crippen molar-refractivity contribution in [2.75, 3.05) is 0 Å². The van der Waals surface area contributed by atoms with Gasteiger partial charge in [0.2, 0.25) is 0 Å². The third-order valence-electron chi connectivity index (χ3n) is 3.20. The number of alkyl halides is 1. The molecule has 0 amide bonds. The van der Waals surface area contributed by atoms with Gasteiger partial charge in [0.15, 0.2) is 6.71 Å². The minimum Gasteiger partial charge on any atom is -0.0913 e. The maximum Gasteiger partial charge on any atom is 0.155 e. The quantitative estimate of drug-likeness (QED) is 0.351. The SMILES string of the molecule is IC1B2CCCC1CCC2. The van der Waals surface area contributed by atoms with Crippen LogP contribution in [0.15, 0.2) is 0 Å². The van der Waals surface area contributed by atoms with Gasteiger partial charge in [0.05, 0.1) is 0 Å². The lowest BCUT2D eigenvalue weighted by Gasteiger charge is -2.37. The number of fused-ring (bicyclic) bond motifs is 2. The molecule has 0 saturated carbocycles. The summed E-state index contributed by atoms with van der Waals surface area (Å²) in [5.74, 6) is 1.10. The van der Waals surface area contributed by atoms with E-state index in [4.69, 9.17) is 0 Å². The Bertz CT molecular complexity index is 104. The molecule has 0 N–H and O–H groups in total. The molecular formula is C8H14BI. The standard InChI is InChI=1S/C8H14BI/c10-8-7-3-1-5-9(8)6-2-4-7/h7-8H,1-6H2. The second-order valence-electron chi connectivity index (χ2n) is 3.83. The van der Waals surface area contributed by atoms with Crippen molar-refractivity contribution in [2.45, 2.75) is 42.1 Å². The Kier molecular flexibility index (Phi) is 2.26. The summed E-state index contributed by atoms with van der Waals surface area (Å²) in [5.41, 5.74) is 0. The molecule has 2 heteroatoms. The zero-order chi connectivity index (χ0) is 6.97. The third kappa shape index (κ3) is 1.24. The second-order valence-corrected chi connectivity index (χ2v) is 5.26. The molecule has 0 aromatic heterocycles. The normalized spacial score (nSPS) is 39.9. The molecule has 2 fully saturated rings. The number of rotatable bonds is 0. The van der Waals surface area contributed by atoms with Crippen LogP contribution in [0.1, 0.15) is 25.7 Å². The van der Waals surface area contributed by atoms with Crippen LogP contribution in [0, 0.1) is 5.92 Å². The third-order valence-corrected chi connectivity index (χ3v) is 5.23. The van der Waals surface area contributed by atoms with Gasteiger partial charge in [0.25, 0.3) is 0 Å². The predicted octanol–water partition coefficient (Wildman–Crippen LogP) is 3.03. The Morgan fingerprint density at radius 3 is 2.10 bits per heavy atom.